The van der Waals surface area contributed by atoms with Crippen LogP contribution in [0.5, 0.6) is 5.75 Å². The maximum absolute atomic E-state index is 11.8. The number of benzene rings is 1. The molecule has 0 unspecified atom stereocenters. The number of piperidine rings is 1. The van der Waals surface area contributed by atoms with Crippen LogP contribution in [0.2, 0.25) is 0 Å². The third kappa shape index (κ3) is 4.06. The van der Waals surface area contributed by atoms with Crippen LogP contribution < -0.4 is 10.3 Å². The van der Waals surface area contributed by atoms with Crippen molar-refractivity contribution in [1.82, 2.24) is 9.88 Å². The summed E-state index contributed by atoms with van der Waals surface area (Å²) in [7, 11) is 0. The summed E-state index contributed by atoms with van der Waals surface area (Å²) in [6.45, 7) is 3.58. The number of H-pyrrole nitrogens is 1. The van der Waals surface area contributed by atoms with Gasteiger partial charge in [-0.15, -0.1) is 0 Å². The number of hydrogen-bond acceptors (Lipinski definition) is 3. The monoisotopic (exact) mass is 340 g/mol. The van der Waals surface area contributed by atoms with Gasteiger partial charge in [0.1, 0.15) is 11.9 Å². The Bertz CT molecular complexity index is 756. The van der Waals surface area contributed by atoms with Crippen LogP contribution in [-0.4, -0.2) is 35.6 Å². The maximum Gasteiger partial charge on any atom is 0.255 e. The van der Waals surface area contributed by atoms with Gasteiger partial charge < -0.3 is 14.6 Å². The van der Waals surface area contributed by atoms with Gasteiger partial charge in [-0.25, -0.2) is 0 Å². The van der Waals surface area contributed by atoms with Crippen LogP contribution in [-0.2, 0) is 0 Å². The van der Waals surface area contributed by atoms with E-state index < -0.39 is 0 Å². The molecule has 0 spiro atoms. The van der Waals surface area contributed by atoms with Gasteiger partial charge in [0.15, 0.2) is 0 Å². The molecule has 2 aromatic rings. The van der Waals surface area contributed by atoms with Gasteiger partial charge in [0, 0.05) is 31.2 Å². The van der Waals surface area contributed by atoms with Gasteiger partial charge in [-0.05, 0) is 61.3 Å². The van der Waals surface area contributed by atoms with Crippen molar-refractivity contribution in [2.24, 2.45) is 5.92 Å². The third-order valence-corrected chi connectivity index (χ3v) is 5.82. The lowest BCUT2D eigenvalue weighted by molar-refractivity contribution is 0.0864. The molecule has 0 atom stereocenters. The Balaban J connectivity index is 1.31. The molecule has 134 valence electrons. The van der Waals surface area contributed by atoms with E-state index in [1.807, 2.05) is 24.3 Å². The summed E-state index contributed by atoms with van der Waals surface area (Å²) in [5.74, 6) is 1.80. The minimum Gasteiger partial charge on any atom is -0.490 e. The number of rotatable bonds is 4. The zero-order valence-corrected chi connectivity index (χ0v) is 14.9. The molecule has 1 aliphatic carbocycles. The second-order valence-corrected chi connectivity index (χ2v) is 7.68. The topological polar surface area (TPSA) is 45.3 Å². The molecule has 1 saturated carbocycles. The van der Waals surface area contributed by atoms with Crippen LogP contribution in [0.4, 0.5) is 0 Å². The van der Waals surface area contributed by atoms with Crippen LogP contribution in [0.25, 0.3) is 10.8 Å². The van der Waals surface area contributed by atoms with Crippen molar-refractivity contribution in [3.05, 3.63) is 40.8 Å². The molecule has 2 aliphatic rings. The third-order valence-electron chi connectivity index (χ3n) is 5.82. The predicted molar refractivity (Wildman–Crippen MR) is 101 cm³/mol. The van der Waals surface area contributed by atoms with E-state index in [9.17, 15) is 4.79 Å². The Labute approximate surface area is 149 Å². The Morgan fingerprint density at radius 2 is 1.84 bits per heavy atom. The first-order valence-electron chi connectivity index (χ1n) is 9.78. The molecule has 25 heavy (non-hydrogen) atoms. The summed E-state index contributed by atoms with van der Waals surface area (Å²) in [5, 5.41) is 1.66. The highest BCUT2D eigenvalue weighted by molar-refractivity contribution is 5.82. The zero-order valence-electron chi connectivity index (χ0n) is 14.9. The van der Waals surface area contributed by atoms with Crippen LogP contribution in [0.1, 0.15) is 44.9 Å². The van der Waals surface area contributed by atoms with Crippen LogP contribution >= 0.6 is 0 Å². The number of hydrogen-bond donors (Lipinski definition) is 1. The van der Waals surface area contributed by atoms with E-state index in [1.54, 1.807) is 6.20 Å². The number of aromatic nitrogens is 1. The first-order valence-corrected chi connectivity index (χ1v) is 9.78. The Morgan fingerprint density at radius 1 is 1.04 bits per heavy atom. The molecule has 1 N–H and O–H groups in total. The highest BCUT2D eigenvalue weighted by Crippen LogP contribution is 2.27. The van der Waals surface area contributed by atoms with Gasteiger partial charge in [-0.2, -0.15) is 0 Å². The Morgan fingerprint density at radius 3 is 2.64 bits per heavy atom. The summed E-state index contributed by atoms with van der Waals surface area (Å²) in [6, 6.07) is 7.70. The molecule has 1 aliphatic heterocycles. The van der Waals surface area contributed by atoms with Gasteiger partial charge in [-0.1, -0.05) is 19.3 Å². The van der Waals surface area contributed by atoms with E-state index in [4.69, 9.17) is 4.74 Å². The summed E-state index contributed by atoms with van der Waals surface area (Å²) in [4.78, 5) is 17.1. The molecular formula is C21H28N2O2. The molecule has 4 rings (SSSR count). The number of aromatic amines is 1. The molecule has 2 fully saturated rings. The number of fused-ring (bicyclic) bond motifs is 1. The molecule has 1 aromatic carbocycles. The van der Waals surface area contributed by atoms with E-state index in [0.717, 1.165) is 48.4 Å². The SMILES string of the molecule is O=c1[nH]ccc2cc(OC3CCN(CC4CCCCC4)CC3)ccc12. The summed E-state index contributed by atoms with van der Waals surface area (Å²) in [5.41, 5.74) is -0.0416. The van der Waals surface area contributed by atoms with Crippen molar-refractivity contribution in [2.45, 2.75) is 51.0 Å². The fourth-order valence-electron chi connectivity index (χ4n) is 4.38. The van der Waals surface area contributed by atoms with Crippen LogP contribution in [0.3, 0.4) is 0 Å². The normalized spacial score (nSPS) is 20.8. The van der Waals surface area contributed by atoms with Gasteiger partial charge >= 0.3 is 0 Å². The van der Waals surface area contributed by atoms with Gasteiger partial charge in [-0.3, -0.25) is 4.79 Å². The maximum atomic E-state index is 11.8. The summed E-state index contributed by atoms with van der Waals surface area (Å²) >= 11 is 0. The minimum absolute atomic E-state index is 0.0416. The average molecular weight is 340 g/mol. The molecule has 4 heteroatoms. The van der Waals surface area contributed by atoms with Crippen molar-refractivity contribution in [3.8, 4) is 5.75 Å². The second kappa shape index (κ2) is 7.61. The van der Waals surface area contributed by atoms with Crippen LogP contribution in [0.15, 0.2) is 35.3 Å². The van der Waals surface area contributed by atoms with Crippen molar-refractivity contribution in [1.29, 1.82) is 0 Å². The van der Waals surface area contributed by atoms with Crippen molar-refractivity contribution >= 4 is 10.8 Å². The van der Waals surface area contributed by atoms with Gasteiger partial charge in [0.05, 0.1) is 0 Å². The number of pyridine rings is 1. The number of ether oxygens (including phenoxy) is 1. The largest absolute Gasteiger partial charge is 0.490 e. The van der Waals surface area contributed by atoms with Crippen molar-refractivity contribution in [2.75, 3.05) is 19.6 Å². The lowest BCUT2D eigenvalue weighted by Gasteiger charge is -2.35. The Kier molecular flexibility index (Phi) is 5.07. The van der Waals surface area contributed by atoms with E-state index in [2.05, 4.69) is 9.88 Å². The number of likely N-dealkylation sites (tertiary alicyclic amines) is 1. The lowest BCUT2D eigenvalue weighted by Crippen LogP contribution is -2.40. The average Bonchev–Trinajstić information content (AvgIpc) is 2.64. The standard InChI is InChI=1S/C21H28N2O2/c24-21-20-7-6-19(14-17(20)8-11-22-21)25-18-9-12-23(13-10-18)15-16-4-2-1-3-5-16/h6-8,11,14,16,18H,1-5,9-10,12-13,15H2,(H,22,24). The molecule has 1 saturated heterocycles. The van der Waals surface area contributed by atoms with E-state index in [0.29, 0.717) is 6.10 Å². The molecule has 0 radical (unpaired) electrons. The van der Waals surface area contributed by atoms with Crippen molar-refractivity contribution in [3.63, 3.8) is 0 Å². The van der Waals surface area contributed by atoms with E-state index >= 15 is 0 Å². The quantitative estimate of drug-likeness (QED) is 0.916. The summed E-state index contributed by atoms with van der Waals surface area (Å²) in [6.07, 6.45) is 11.3. The fraction of sp³-hybridized carbons (Fsp3) is 0.571. The molecule has 4 nitrogen and oxygen atoms in total. The van der Waals surface area contributed by atoms with E-state index in [-0.39, 0.29) is 5.56 Å². The number of nitrogens with one attached hydrogen (secondary N) is 1. The van der Waals surface area contributed by atoms with Gasteiger partial charge in [0.25, 0.3) is 5.56 Å². The molecule has 0 amide bonds. The summed E-state index contributed by atoms with van der Waals surface area (Å²) < 4.78 is 6.20. The highest BCUT2D eigenvalue weighted by Gasteiger charge is 2.23. The molecule has 1 aromatic heterocycles. The second-order valence-electron chi connectivity index (χ2n) is 7.68. The molecule has 0 bridgehead atoms. The zero-order chi connectivity index (χ0) is 17.1. The fourth-order valence-corrected chi connectivity index (χ4v) is 4.38. The van der Waals surface area contributed by atoms with Crippen LogP contribution in [0, 0.1) is 5.92 Å². The Hall–Kier alpha value is -1.81. The molecule has 2 heterocycles. The van der Waals surface area contributed by atoms with E-state index in [1.165, 1.54) is 38.6 Å². The number of nitrogens with zero attached hydrogens (tertiary/aromatic N) is 1. The predicted octanol–water partition coefficient (Wildman–Crippen LogP) is 3.95. The highest BCUT2D eigenvalue weighted by atomic mass is 16.5. The first kappa shape index (κ1) is 16.6. The first-order chi connectivity index (χ1) is 12.3. The lowest BCUT2D eigenvalue weighted by atomic mass is 9.88. The smallest absolute Gasteiger partial charge is 0.255 e. The van der Waals surface area contributed by atoms with Gasteiger partial charge in [0.2, 0.25) is 0 Å². The minimum atomic E-state index is -0.0416. The van der Waals surface area contributed by atoms with Crippen molar-refractivity contribution < 1.29 is 4.74 Å². The molecular weight excluding hydrogens is 312 g/mol.